The van der Waals surface area contributed by atoms with Gasteiger partial charge in [-0.3, -0.25) is 4.79 Å². The molecule has 0 atom stereocenters. The van der Waals surface area contributed by atoms with Gasteiger partial charge in [0, 0.05) is 38.2 Å². The number of carbonyl (C=O) groups is 1. The van der Waals surface area contributed by atoms with E-state index in [1.54, 1.807) is 13.2 Å². The SMILES string of the molecule is CCc1nc(N2CCN(C(=O)c3cccc(OC)c3)CC2)c2c(C)nn(-c3ccccc3)c2n1. The lowest BCUT2D eigenvalue weighted by molar-refractivity contribution is 0.0746. The molecule has 0 spiro atoms. The molecule has 3 heterocycles. The van der Waals surface area contributed by atoms with Crippen LogP contribution in [0.5, 0.6) is 5.75 Å². The van der Waals surface area contributed by atoms with Crippen LogP contribution in [0.4, 0.5) is 5.82 Å². The molecule has 0 N–H and O–H groups in total. The summed E-state index contributed by atoms with van der Waals surface area (Å²) in [4.78, 5) is 26.9. The average Bonchev–Trinajstić information content (AvgIpc) is 3.24. The first kappa shape index (κ1) is 21.9. The standard InChI is InChI=1S/C26H28N6O2/c1-4-22-27-24(23-18(2)29-32(25(23)28-22)20-10-6-5-7-11-20)30-13-15-31(16-14-30)26(33)19-9-8-12-21(17-19)34-3/h5-12,17H,4,13-16H2,1-3H3. The molecule has 8 heteroatoms. The fourth-order valence-corrected chi connectivity index (χ4v) is 4.40. The van der Waals surface area contributed by atoms with E-state index in [1.807, 2.05) is 65.0 Å². The van der Waals surface area contributed by atoms with Crippen molar-refractivity contribution >= 4 is 22.8 Å². The maximum Gasteiger partial charge on any atom is 0.254 e. The van der Waals surface area contributed by atoms with E-state index in [0.717, 1.165) is 40.5 Å². The van der Waals surface area contributed by atoms with E-state index in [-0.39, 0.29) is 5.91 Å². The maximum absolute atomic E-state index is 13.1. The molecular weight excluding hydrogens is 428 g/mol. The van der Waals surface area contributed by atoms with Crippen LogP contribution in [-0.2, 0) is 6.42 Å². The Bertz CT molecular complexity index is 1330. The van der Waals surface area contributed by atoms with E-state index in [2.05, 4.69) is 11.8 Å². The summed E-state index contributed by atoms with van der Waals surface area (Å²) in [5, 5.41) is 5.77. The predicted octanol–water partition coefficient (Wildman–Crippen LogP) is 3.66. The van der Waals surface area contributed by atoms with E-state index < -0.39 is 0 Å². The Labute approximate surface area is 198 Å². The first-order valence-electron chi connectivity index (χ1n) is 11.6. The molecule has 1 aliphatic rings. The highest BCUT2D eigenvalue weighted by atomic mass is 16.5. The number of anilines is 1. The summed E-state index contributed by atoms with van der Waals surface area (Å²) in [6.07, 6.45) is 0.732. The van der Waals surface area contributed by atoms with Crippen LogP contribution in [-0.4, -0.2) is 63.8 Å². The summed E-state index contributed by atoms with van der Waals surface area (Å²) in [7, 11) is 1.61. The number of aromatic nitrogens is 4. The topological polar surface area (TPSA) is 76.4 Å². The molecule has 0 saturated carbocycles. The van der Waals surface area contributed by atoms with E-state index in [9.17, 15) is 4.79 Å². The molecule has 2 aromatic heterocycles. The van der Waals surface area contributed by atoms with Crippen LogP contribution in [0.15, 0.2) is 54.6 Å². The Kier molecular flexibility index (Phi) is 5.88. The van der Waals surface area contributed by atoms with Crippen LogP contribution in [0.2, 0.25) is 0 Å². The number of piperazine rings is 1. The number of benzene rings is 2. The highest BCUT2D eigenvalue weighted by Gasteiger charge is 2.27. The van der Waals surface area contributed by atoms with Gasteiger partial charge in [0.05, 0.1) is 23.9 Å². The molecule has 0 aliphatic carbocycles. The Balaban J connectivity index is 1.44. The van der Waals surface area contributed by atoms with Crippen molar-refractivity contribution in [3.05, 3.63) is 71.7 Å². The number of aryl methyl sites for hydroxylation is 2. The molecule has 1 saturated heterocycles. The zero-order chi connectivity index (χ0) is 23.7. The lowest BCUT2D eigenvalue weighted by Crippen LogP contribution is -2.49. The Morgan fingerprint density at radius 1 is 1.00 bits per heavy atom. The second-order valence-corrected chi connectivity index (χ2v) is 8.36. The van der Waals surface area contributed by atoms with Crippen molar-refractivity contribution in [3.63, 3.8) is 0 Å². The number of rotatable bonds is 5. The Hall–Kier alpha value is -3.94. The fourth-order valence-electron chi connectivity index (χ4n) is 4.40. The molecule has 0 radical (unpaired) electrons. The van der Waals surface area contributed by atoms with E-state index in [4.69, 9.17) is 19.8 Å². The molecule has 1 amide bonds. The normalized spacial score (nSPS) is 14.0. The summed E-state index contributed by atoms with van der Waals surface area (Å²) in [6, 6.07) is 17.4. The van der Waals surface area contributed by atoms with Gasteiger partial charge in [-0.1, -0.05) is 31.2 Å². The summed E-state index contributed by atoms with van der Waals surface area (Å²) >= 11 is 0. The number of amides is 1. The van der Waals surface area contributed by atoms with Gasteiger partial charge in [0.2, 0.25) is 0 Å². The fraction of sp³-hybridized carbons (Fsp3) is 0.308. The molecule has 5 rings (SSSR count). The average molecular weight is 457 g/mol. The minimum Gasteiger partial charge on any atom is -0.497 e. The third-order valence-electron chi connectivity index (χ3n) is 6.23. The number of hydrogen-bond donors (Lipinski definition) is 0. The third kappa shape index (κ3) is 3.96. The van der Waals surface area contributed by atoms with Crippen molar-refractivity contribution in [1.29, 1.82) is 0 Å². The zero-order valence-corrected chi connectivity index (χ0v) is 19.7. The maximum atomic E-state index is 13.1. The molecule has 1 fully saturated rings. The summed E-state index contributed by atoms with van der Waals surface area (Å²) in [5.41, 5.74) is 3.33. The van der Waals surface area contributed by atoms with Crippen LogP contribution < -0.4 is 9.64 Å². The number of nitrogens with zero attached hydrogens (tertiary/aromatic N) is 6. The molecule has 2 aromatic carbocycles. The minimum atomic E-state index is 0.0220. The van der Waals surface area contributed by atoms with Gasteiger partial charge in [0.25, 0.3) is 5.91 Å². The lowest BCUT2D eigenvalue weighted by atomic mass is 10.1. The van der Waals surface area contributed by atoms with Crippen molar-refractivity contribution < 1.29 is 9.53 Å². The number of ether oxygens (including phenoxy) is 1. The lowest BCUT2D eigenvalue weighted by Gasteiger charge is -2.35. The van der Waals surface area contributed by atoms with Crippen molar-refractivity contribution in [1.82, 2.24) is 24.6 Å². The van der Waals surface area contributed by atoms with Gasteiger partial charge >= 0.3 is 0 Å². The zero-order valence-electron chi connectivity index (χ0n) is 19.7. The second-order valence-electron chi connectivity index (χ2n) is 8.36. The van der Waals surface area contributed by atoms with Gasteiger partial charge in [-0.05, 0) is 37.3 Å². The van der Waals surface area contributed by atoms with Gasteiger partial charge < -0.3 is 14.5 Å². The third-order valence-corrected chi connectivity index (χ3v) is 6.23. The van der Waals surface area contributed by atoms with Gasteiger partial charge in [-0.15, -0.1) is 0 Å². The van der Waals surface area contributed by atoms with E-state index in [1.165, 1.54) is 0 Å². The van der Waals surface area contributed by atoms with Crippen molar-refractivity contribution in [2.24, 2.45) is 0 Å². The number of hydrogen-bond acceptors (Lipinski definition) is 6. The van der Waals surface area contributed by atoms with Gasteiger partial charge in [-0.25, -0.2) is 14.6 Å². The van der Waals surface area contributed by atoms with Crippen LogP contribution >= 0.6 is 0 Å². The highest BCUT2D eigenvalue weighted by Crippen LogP contribution is 2.30. The molecule has 0 bridgehead atoms. The van der Waals surface area contributed by atoms with Gasteiger partial charge in [0.1, 0.15) is 17.4 Å². The van der Waals surface area contributed by atoms with Crippen LogP contribution in [0, 0.1) is 6.92 Å². The number of para-hydroxylation sites is 1. The van der Waals surface area contributed by atoms with Crippen LogP contribution in [0.3, 0.4) is 0 Å². The van der Waals surface area contributed by atoms with Crippen molar-refractivity contribution in [2.75, 3.05) is 38.2 Å². The molecular formula is C26H28N6O2. The quantitative estimate of drug-likeness (QED) is 0.456. The van der Waals surface area contributed by atoms with Crippen molar-refractivity contribution in [3.8, 4) is 11.4 Å². The van der Waals surface area contributed by atoms with Crippen molar-refractivity contribution in [2.45, 2.75) is 20.3 Å². The van der Waals surface area contributed by atoms with E-state index >= 15 is 0 Å². The van der Waals surface area contributed by atoms with Crippen LogP contribution in [0.25, 0.3) is 16.7 Å². The van der Waals surface area contributed by atoms with Gasteiger partial charge in [0.15, 0.2) is 5.65 Å². The summed E-state index contributed by atoms with van der Waals surface area (Å²) in [5.74, 6) is 2.39. The molecule has 1 aliphatic heterocycles. The number of fused-ring (bicyclic) bond motifs is 1. The molecule has 0 unspecified atom stereocenters. The first-order chi connectivity index (χ1) is 16.6. The largest absolute Gasteiger partial charge is 0.497 e. The second kappa shape index (κ2) is 9.13. The summed E-state index contributed by atoms with van der Waals surface area (Å²) < 4.78 is 7.17. The molecule has 8 nitrogen and oxygen atoms in total. The van der Waals surface area contributed by atoms with Gasteiger partial charge in [-0.2, -0.15) is 5.10 Å². The smallest absolute Gasteiger partial charge is 0.254 e. The predicted molar refractivity (Wildman–Crippen MR) is 132 cm³/mol. The molecule has 174 valence electrons. The van der Waals surface area contributed by atoms with Crippen LogP contribution in [0.1, 0.15) is 28.8 Å². The number of methoxy groups -OCH3 is 1. The molecule has 34 heavy (non-hydrogen) atoms. The number of carbonyl (C=O) groups excluding carboxylic acids is 1. The Morgan fingerprint density at radius 3 is 2.47 bits per heavy atom. The summed E-state index contributed by atoms with van der Waals surface area (Å²) in [6.45, 7) is 6.69. The monoisotopic (exact) mass is 456 g/mol. The highest BCUT2D eigenvalue weighted by molar-refractivity contribution is 5.95. The minimum absolute atomic E-state index is 0.0220. The first-order valence-corrected chi connectivity index (χ1v) is 11.6. The Morgan fingerprint density at radius 2 is 1.76 bits per heavy atom. The molecule has 4 aromatic rings. The van der Waals surface area contributed by atoms with E-state index in [0.29, 0.717) is 37.5 Å².